The van der Waals surface area contributed by atoms with Crippen molar-refractivity contribution in [1.29, 1.82) is 0 Å². The molecule has 1 radical (unpaired) electrons. The zero-order valence-electron chi connectivity index (χ0n) is 6.74. The summed E-state index contributed by atoms with van der Waals surface area (Å²) < 4.78 is 0. The van der Waals surface area contributed by atoms with Crippen LogP contribution in [0.5, 0.6) is 0 Å². The van der Waals surface area contributed by atoms with Crippen LogP contribution in [0.1, 0.15) is 30.5 Å². The zero-order chi connectivity index (χ0) is 7.56. The monoisotopic (exact) mass is 384 g/mol. The molecule has 1 aromatic heterocycles. The Kier molecular flexibility index (Phi) is 6.17. The van der Waals surface area contributed by atoms with E-state index >= 15 is 0 Å². The molecule has 0 spiro atoms. The van der Waals surface area contributed by atoms with Gasteiger partial charge in [-0.15, -0.1) is 11.3 Å². The number of hydrogen-bond acceptors (Lipinski definition) is 3. The molecule has 0 aliphatic heterocycles. The van der Waals surface area contributed by atoms with Gasteiger partial charge in [-0.25, -0.2) is 4.98 Å². The Bertz CT molecular complexity index is 212. The molecule has 4 heteroatoms. The van der Waals surface area contributed by atoms with Gasteiger partial charge in [-0.1, -0.05) is 13.8 Å². The third-order valence-electron chi connectivity index (χ3n) is 1.30. The first-order chi connectivity index (χ1) is 4.74. The molecule has 0 bridgehead atoms. The van der Waals surface area contributed by atoms with Gasteiger partial charge in [0, 0.05) is 49.4 Å². The molecule has 11 heavy (non-hydrogen) atoms. The Morgan fingerprint density at radius 2 is 2.27 bits per heavy atom. The molecule has 2 nitrogen and oxygen atoms in total. The molecule has 0 amide bonds. The smallest absolute Gasteiger partial charge is 0.118 e. The molecule has 1 N–H and O–H groups in total. The molecule has 0 fully saturated rings. The van der Waals surface area contributed by atoms with E-state index in [2.05, 4.69) is 18.8 Å². The minimum absolute atomic E-state index is 0. The molecule has 0 saturated heterocycles. The number of thiazole rings is 1. The van der Waals surface area contributed by atoms with Crippen LogP contribution in [-0.2, 0) is 6.61 Å². The summed E-state index contributed by atoms with van der Waals surface area (Å²) in [7, 11) is 0. The van der Waals surface area contributed by atoms with E-state index in [1.54, 1.807) is 0 Å². The van der Waals surface area contributed by atoms with Crippen LogP contribution in [-0.4, -0.2) is 10.1 Å². The summed E-state index contributed by atoms with van der Waals surface area (Å²) in [5, 5.41) is 11.5. The van der Waals surface area contributed by atoms with Crippen LogP contribution in [0.15, 0.2) is 5.38 Å². The summed E-state index contributed by atoms with van der Waals surface area (Å²) in [5.74, 6) is 0.469. The van der Waals surface area contributed by atoms with Gasteiger partial charge in [-0.3, -0.25) is 0 Å². The largest absolute Gasteiger partial charge is 0.389 e. The Morgan fingerprint density at radius 3 is 2.55 bits per heavy atom. The fraction of sp³-hybridized carbons (Fsp3) is 0.571. The van der Waals surface area contributed by atoms with Crippen LogP contribution in [0.3, 0.4) is 0 Å². The topological polar surface area (TPSA) is 33.1 Å². The van der Waals surface area contributed by atoms with E-state index in [1.807, 2.05) is 5.38 Å². The third-order valence-corrected chi connectivity index (χ3v) is 2.15. The van der Waals surface area contributed by atoms with Gasteiger partial charge < -0.3 is 5.11 Å². The summed E-state index contributed by atoms with van der Waals surface area (Å²) in [5.41, 5.74) is 1.08. The molecule has 0 aromatic carbocycles. The van der Waals surface area contributed by atoms with E-state index in [0.717, 1.165) is 10.7 Å². The van der Waals surface area contributed by atoms with Crippen LogP contribution in [0.25, 0.3) is 0 Å². The average molecular weight is 384 g/mol. The summed E-state index contributed by atoms with van der Waals surface area (Å²) in [6, 6.07) is 0. The first-order valence-corrected chi connectivity index (χ1v) is 4.17. The quantitative estimate of drug-likeness (QED) is 0.843. The average Bonchev–Trinajstić information content (AvgIpc) is 2.34. The predicted molar refractivity (Wildman–Crippen MR) is 42.1 cm³/mol. The number of rotatable bonds is 2. The van der Waals surface area contributed by atoms with Gasteiger partial charge in [0.25, 0.3) is 0 Å². The molecule has 59 valence electrons. The Hall–Kier alpha value is 1.03. The van der Waals surface area contributed by atoms with Crippen molar-refractivity contribution in [3.8, 4) is 0 Å². The molecule has 0 unspecified atom stereocenters. The first kappa shape index (κ1) is 12.0. The minimum atomic E-state index is 0. The van der Waals surface area contributed by atoms with E-state index in [1.165, 1.54) is 11.3 Å². The first-order valence-electron chi connectivity index (χ1n) is 3.29. The van der Waals surface area contributed by atoms with Crippen molar-refractivity contribution in [3.05, 3.63) is 16.1 Å². The van der Waals surface area contributed by atoms with Crippen LogP contribution in [0, 0.1) is 44.1 Å². The fourth-order valence-corrected chi connectivity index (χ4v) is 1.48. The Labute approximate surface area is 107 Å². The molecule has 1 aromatic rings. The van der Waals surface area contributed by atoms with Gasteiger partial charge >= 0.3 is 0 Å². The van der Waals surface area contributed by atoms with Gasteiger partial charge in [-0.2, -0.15) is 0 Å². The number of aliphatic hydroxyl groups is 1. The van der Waals surface area contributed by atoms with Gasteiger partial charge in [-0.05, 0) is 5.92 Å². The summed E-state index contributed by atoms with van der Waals surface area (Å²) in [6.07, 6.45) is 0. The second-order valence-corrected chi connectivity index (χ2v) is 3.42. The molecule has 1 heterocycles. The predicted octanol–water partition coefficient (Wildman–Crippen LogP) is 1.76. The van der Waals surface area contributed by atoms with E-state index in [9.17, 15) is 0 Å². The molecule has 1 rings (SSSR count). The van der Waals surface area contributed by atoms with Gasteiger partial charge in [0.15, 0.2) is 0 Å². The normalized spacial score (nSPS) is 9.82. The second kappa shape index (κ2) is 5.64. The Morgan fingerprint density at radius 1 is 1.64 bits per heavy atom. The van der Waals surface area contributed by atoms with Crippen molar-refractivity contribution in [2.24, 2.45) is 0 Å². The number of aromatic nitrogens is 1. The standard InChI is InChI=1S/C7H11NOS.Ac/c1-5(2)6-4-10-7(3-9)8-6;/h4-5,9H,3H2,1-2H3;. The molecular weight excluding hydrogens is 373 g/mol. The maximum atomic E-state index is 8.68. The zero-order valence-corrected chi connectivity index (χ0v) is 12.3. The van der Waals surface area contributed by atoms with E-state index in [-0.39, 0.29) is 50.7 Å². The van der Waals surface area contributed by atoms with Gasteiger partial charge in [0.05, 0.1) is 12.3 Å². The maximum absolute atomic E-state index is 8.68. The van der Waals surface area contributed by atoms with Gasteiger partial charge in [0.2, 0.25) is 0 Å². The van der Waals surface area contributed by atoms with Crippen molar-refractivity contribution in [2.45, 2.75) is 26.4 Å². The third kappa shape index (κ3) is 3.50. The molecular formula is C7H11AcNOS. The van der Waals surface area contributed by atoms with Crippen molar-refractivity contribution in [3.63, 3.8) is 0 Å². The second-order valence-electron chi connectivity index (χ2n) is 2.48. The van der Waals surface area contributed by atoms with Gasteiger partial charge in [0.1, 0.15) is 5.01 Å². The van der Waals surface area contributed by atoms with Crippen molar-refractivity contribution in [2.75, 3.05) is 0 Å². The molecule has 0 aliphatic carbocycles. The van der Waals surface area contributed by atoms with E-state index < -0.39 is 0 Å². The van der Waals surface area contributed by atoms with Crippen molar-refractivity contribution >= 4 is 11.3 Å². The number of aliphatic hydroxyl groups excluding tert-OH is 1. The van der Waals surface area contributed by atoms with Crippen LogP contribution >= 0.6 is 11.3 Å². The molecule has 0 aliphatic rings. The SMILES string of the molecule is CC(C)c1csc(CO)n1.[Ac]. The summed E-state index contributed by atoms with van der Waals surface area (Å²) in [4.78, 5) is 4.20. The molecule has 0 atom stereocenters. The van der Waals surface area contributed by atoms with Crippen LogP contribution in [0.4, 0.5) is 0 Å². The van der Waals surface area contributed by atoms with Crippen LogP contribution < -0.4 is 0 Å². The summed E-state index contributed by atoms with van der Waals surface area (Å²) >= 11 is 1.52. The molecule has 0 saturated carbocycles. The van der Waals surface area contributed by atoms with Crippen LogP contribution in [0.2, 0.25) is 0 Å². The number of nitrogens with zero attached hydrogens (tertiary/aromatic N) is 1. The summed E-state index contributed by atoms with van der Waals surface area (Å²) in [6.45, 7) is 4.25. The van der Waals surface area contributed by atoms with E-state index in [0.29, 0.717) is 5.92 Å². The minimum Gasteiger partial charge on any atom is -0.389 e. The van der Waals surface area contributed by atoms with Crippen molar-refractivity contribution < 1.29 is 49.2 Å². The maximum Gasteiger partial charge on any atom is 0.118 e. The van der Waals surface area contributed by atoms with E-state index in [4.69, 9.17) is 5.11 Å². The fourth-order valence-electron chi connectivity index (χ4n) is 0.663. The van der Waals surface area contributed by atoms with Crippen molar-refractivity contribution in [1.82, 2.24) is 4.98 Å². The number of hydrogen-bond donors (Lipinski definition) is 1. The Balaban J connectivity index is 0.000001000.